The van der Waals surface area contributed by atoms with Crippen LogP contribution in [0.3, 0.4) is 0 Å². The zero-order valence-electron chi connectivity index (χ0n) is 16.5. The predicted octanol–water partition coefficient (Wildman–Crippen LogP) is 2.27. The van der Waals surface area contributed by atoms with Gasteiger partial charge in [0, 0.05) is 6.54 Å². The summed E-state index contributed by atoms with van der Waals surface area (Å²) in [5, 5.41) is 14.6. The van der Waals surface area contributed by atoms with E-state index < -0.39 is 0 Å². The van der Waals surface area contributed by atoms with Crippen LogP contribution in [0.1, 0.15) is 47.6 Å². The molecule has 1 aliphatic rings. The average molecular weight is 410 g/mol. The SMILES string of the molecule is CCOc1cc(CNC(=O)c2nnn(C3CCNCC3)c2C)ccc1OC.Cl. The fourth-order valence-electron chi connectivity index (χ4n) is 3.31. The van der Waals surface area contributed by atoms with E-state index in [1.165, 1.54) is 0 Å². The molecule has 2 heterocycles. The molecule has 1 aromatic heterocycles. The molecule has 0 spiro atoms. The van der Waals surface area contributed by atoms with Gasteiger partial charge >= 0.3 is 0 Å². The van der Waals surface area contributed by atoms with Crippen LogP contribution in [0.4, 0.5) is 0 Å². The molecule has 154 valence electrons. The smallest absolute Gasteiger partial charge is 0.274 e. The predicted molar refractivity (Wildman–Crippen MR) is 108 cm³/mol. The number of nitrogens with zero attached hydrogens (tertiary/aromatic N) is 3. The maximum absolute atomic E-state index is 12.6. The van der Waals surface area contributed by atoms with Gasteiger partial charge in [0.15, 0.2) is 17.2 Å². The lowest BCUT2D eigenvalue weighted by Gasteiger charge is -2.23. The lowest BCUT2D eigenvalue weighted by Crippen LogP contribution is -2.30. The van der Waals surface area contributed by atoms with Gasteiger partial charge in [0.1, 0.15) is 0 Å². The molecule has 8 nitrogen and oxygen atoms in total. The molecule has 0 radical (unpaired) electrons. The first-order valence-corrected chi connectivity index (χ1v) is 9.34. The molecule has 1 amide bonds. The third-order valence-corrected chi connectivity index (χ3v) is 4.78. The Hall–Kier alpha value is -2.32. The van der Waals surface area contributed by atoms with Crippen LogP contribution in [0.15, 0.2) is 18.2 Å². The molecular formula is C19H28ClN5O3. The van der Waals surface area contributed by atoms with Gasteiger partial charge < -0.3 is 20.1 Å². The second kappa shape index (κ2) is 10.3. The molecule has 3 rings (SSSR count). The fourth-order valence-corrected chi connectivity index (χ4v) is 3.31. The molecule has 0 atom stereocenters. The molecule has 2 aromatic rings. The number of carbonyl (C=O) groups is 1. The zero-order valence-corrected chi connectivity index (χ0v) is 17.3. The highest BCUT2D eigenvalue weighted by molar-refractivity contribution is 5.93. The number of methoxy groups -OCH3 is 1. The van der Waals surface area contributed by atoms with Gasteiger partial charge in [-0.05, 0) is 57.5 Å². The third-order valence-electron chi connectivity index (χ3n) is 4.78. The quantitative estimate of drug-likeness (QED) is 0.729. The van der Waals surface area contributed by atoms with Gasteiger partial charge in [0.25, 0.3) is 5.91 Å². The Kier molecular flexibility index (Phi) is 8.07. The van der Waals surface area contributed by atoms with Crippen LogP contribution in [-0.2, 0) is 6.54 Å². The second-order valence-corrected chi connectivity index (χ2v) is 6.55. The second-order valence-electron chi connectivity index (χ2n) is 6.55. The van der Waals surface area contributed by atoms with Gasteiger partial charge in [-0.1, -0.05) is 11.3 Å². The van der Waals surface area contributed by atoms with Gasteiger partial charge in [-0.2, -0.15) is 0 Å². The monoisotopic (exact) mass is 409 g/mol. The number of benzene rings is 1. The first-order valence-electron chi connectivity index (χ1n) is 9.34. The minimum Gasteiger partial charge on any atom is -0.493 e. The van der Waals surface area contributed by atoms with Crippen LogP contribution in [0, 0.1) is 6.92 Å². The molecule has 0 saturated carbocycles. The summed E-state index contributed by atoms with van der Waals surface area (Å²) < 4.78 is 12.8. The summed E-state index contributed by atoms with van der Waals surface area (Å²) >= 11 is 0. The van der Waals surface area contributed by atoms with E-state index in [1.807, 2.05) is 36.7 Å². The van der Waals surface area contributed by atoms with Crippen molar-refractivity contribution in [2.24, 2.45) is 0 Å². The summed E-state index contributed by atoms with van der Waals surface area (Å²) in [6.07, 6.45) is 1.99. The van der Waals surface area contributed by atoms with Crippen LogP contribution in [0.5, 0.6) is 11.5 Å². The number of halogens is 1. The van der Waals surface area contributed by atoms with E-state index in [9.17, 15) is 4.79 Å². The van der Waals surface area contributed by atoms with E-state index in [4.69, 9.17) is 9.47 Å². The highest BCUT2D eigenvalue weighted by atomic mass is 35.5. The number of piperidine rings is 1. The maximum Gasteiger partial charge on any atom is 0.274 e. The first-order chi connectivity index (χ1) is 13.1. The normalized spacial score (nSPS) is 14.2. The summed E-state index contributed by atoms with van der Waals surface area (Å²) in [5.74, 6) is 1.12. The summed E-state index contributed by atoms with van der Waals surface area (Å²) in [4.78, 5) is 12.6. The van der Waals surface area contributed by atoms with Crippen LogP contribution in [0.25, 0.3) is 0 Å². The van der Waals surface area contributed by atoms with Crippen molar-refractivity contribution in [1.29, 1.82) is 0 Å². The van der Waals surface area contributed by atoms with Gasteiger partial charge in [-0.15, -0.1) is 17.5 Å². The van der Waals surface area contributed by atoms with Crippen LogP contribution in [-0.4, -0.2) is 47.7 Å². The highest BCUT2D eigenvalue weighted by Gasteiger charge is 2.22. The summed E-state index contributed by atoms with van der Waals surface area (Å²) in [5.41, 5.74) is 2.12. The Labute approximate surface area is 171 Å². The van der Waals surface area contributed by atoms with Crippen molar-refractivity contribution in [3.8, 4) is 11.5 Å². The number of aromatic nitrogens is 3. The highest BCUT2D eigenvalue weighted by Crippen LogP contribution is 2.28. The number of carbonyl (C=O) groups excluding carboxylic acids is 1. The Balaban J connectivity index is 0.00000280. The molecule has 0 aliphatic carbocycles. The lowest BCUT2D eigenvalue weighted by atomic mass is 10.1. The summed E-state index contributed by atoms with van der Waals surface area (Å²) in [7, 11) is 1.60. The molecule has 1 aromatic carbocycles. The Morgan fingerprint density at radius 2 is 2.07 bits per heavy atom. The van der Waals surface area contributed by atoms with Crippen molar-refractivity contribution in [2.75, 3.05) is 26.8 Å². The molecule has 1 saturated heterocycles. The fraction of sp³-hybridized carbons (Fsp3) is 0.526. The number of rotatable bonds is 7. The zero-order chi connectivity index (χ0) is 19.2. The van der Waals surface area contributed by atoms with Gasteiger partial charge in [-0.25, -0.2) is 4.68 Å². The number of nitrogens with one attached hydrogen (secondary N) is 2. The Morgan fingerprint density at radius 3 is 2.75 bits per heavy atom. The number of hydrogen-bond donors (Lipinski definition) is 2. The van der Waals surface area contributed by atoms with E-state index in [0.29, 0.717) is 36.4 Å². The third kappa shape index (κ3) is 4.94. The van der Waals surface area contributed by atoms with E-state index in [2.05, 4.69) is 20.9 Å². The van der Waals surface area contributed by atoms with Crippen molar-refractivity contribution >= 4 is 18.3 Å². The van der Waals surface area contributed by atoms with Crippen molar-refractivity contribution in [2.45, 2.75) is 39.3 Å². The van der Waals surface area contributed by atoms with E-state index >= 15 is 0 Å². The molecular weight excluding hydrogens is 382 g/mol. The first kappa shape index (κ1) is 22.0. The molecule has 0 unspecified atom stereocenters. The Bertz CT molecular complexity index is 790. The molecule has 1 aliphatic heterocycles. The minimum atomic E-state index is -0.221. The maximum atomic E-state index is 12.6. The van der Waals surface area contributed by atoms with E-state index in [0.717, 1.165) is 37.2 Å². The number of amides is 1. The molecule has 1 fully saturated rings. The van der Waals surface area contributed by atoms with Crippen molar-refractivity contribution in [3.05, 3.63) is 35.2 Å². The molecule has 0 bridgehead atoms. The van der Waals surface area contributed by atoms with Crippen molar-refractivity contribution in [1.82, 2.24) is 25.6 Å². The van der Waals surface area contributed by atoms with E-state index in [-0.39, 0.29) is 18.3 Å². The number of ether oxygens (including phenoxy) is 2. The molecule has 28 heavy (non-hydrogen) atoms. The van der Waals surface area contributed by atoms with Crippen LogP contribution < -0.4 is 20.1 Å². The average Bonchev–Trinajstić information content (AvgIpc) is 3.08. The number of hydrogen-bond acceptors (Lipinski definition) is 6. The minimum absolute atomic E-state index is 0. The largest absolute Gasteiger partial charge is 0.493 e. The van der Waals surface area contributed by atoms with Gasteiger partial charge in [0.05, 0.1) is 25.5 Å². The van der Waals surface area contributed by atoms with Gasteiger partial charge in [-0.3, -0.25) is 4.79 Å². The standard InChI is InChI=1S/C19H27N5O3.ClH/c1-4-27-17-11-14(5-6-16(17)26-3)12-21-19(25)18-13(2)24(23-22-18)15-7-9-20-10-8-15;/h5-6,11,15,20H,4,7-10,12H2,1-3H3,(H,21,25);1H. The van der Waals surface area contributed by atoms with Crippen molar-refractivity contribution in [3.63, 3.8) is 0 Å². The van der Waals surface area contributed by atoms with E-state index in [1.54, 1.807) is 7.11 Å². The topological polar surface area (TPSA) is 90.3 Å². The molecule has 9 heteroatoms. The Morgan fingerprint density at radius 1 is 1.32 bits per heavy atom. The lowest BCUT2D eigenvalue weighted by molar-refractivity contribution is 0.0945. The molecule has 2 N–H and O–H groups in total. The summed E-state index contributed by atoms with van der Waals surface area (Å²) in [6, 6.07) is 5.92. The van der Waals surface area contributed by atoms with Crippen LogP contribution >= 0.6 is 12.4 Å². The van der Waals surface area contributed by atoms with Crippen LogP contribution in [0.2, 0.25) is 0 Å². The van der Waals surface area contributed by atoms with Gasteiger partial charge in [0.2, 0.25) is 0 Å². The summed E-state index contributed by atoms with van der Waals surface area (Å²) in [6.45, 7) is 6.67. The van der Waals surface area contributed by atoms with Crippen molar-refractivity contribution < 1.29 is 14.3 Å².